The average Bonchev–Trinajstić information content (AvgIpc) is 3.32. The molecule has 1 fully saturated rings. The summed E-state index contributed by atoms with van der Waals surface area (Å²) in [6, 6.07) is 9.65. The molecule has 1 aliphatic heterocycles. The van der Waals surface area contributed by atoms with E-state index in [0.717, 1.165) is 37.7 Å². The quantitative estimate of drug-likeness (QED) is 0.877. The first-order valence-electron chi connectivity index (χ1n) is 9.52. The Morgan fingerprint density at radius 3 is 2.67 bits per heavy atom. The lowest BCUT2D eigenvalue weighted by atomic mass is 9.87. The number of carbonyl (C=O) groups excluding carboxylic acids is 1. The van der Waals surface area contributed by atoms with Crippen LogP contribution in [0.5, 0.6) is 0 Å². The number of aromatic nitrogens is 1. The van der Waals surface area contributed by atoms with E-state index in [2.05, 4.69) is 17.4 Å². The molecule has 4 rings (SSSR count). The van der Waals surface area contributed by atoms with Gasteiger partial charge in [0.05, 0.1) is 6.04 Å². The van der Waals surface area contributed by atoms with Crippen LogP contribution in [0.4, 0.5) is 0 Å². The van der Waals surface area contributed by atoms with E-state index in [1.54, 1.807) is 11.6 Å². The predicted octanol–water partition coefficient (Wildman–Crippen LogP) is 2.62. The van der Waals surface area contributed by atoms with Crippen LogP contribution < -0.4 is 5.32 Å². The van der Waals surface area contributed by atoms with Crippen molar-refractivity contribution in [2.45, 2.75) is 43.0 Å². The minimum atomic E-state index is -3.52. The number of carbonyl (C=O) groups is 1. The van der Waals surface area contributed by atoms with Crippen LogP contribution in [0.2, 0.25) is 0 Å². The number of sulfonamides is 1. The van der Waals surface area contributed by atoms with Gasteiger partial charge >= 0.3 is 0 Å². The SMILES string of the molecule is Cn1cc(S(=O)(=O)N2CCCC2)cc1C(=O)N[C@@H]1CCCc2ccccc21. The van der Waals surface area contributed by atoms with Crippen LogP contribution in [-0.2, 0) is 23.5 Å². The third kappa shape index (κ3) is 3.41. The Kier molecular flexibility index (Phi) is 4.82. The van der Waals surface area contributed by atoms with Crippen molar-refractivity contribution in [1.82, 2.24) is 14.2 Å². The highest BCUT2D eigenvalue weighted by atomic mass is 32.2. The summed E-state index contributed by atoms with van der Waals surface area (Å²) >= 11 is 0. The number of nitrogens with one attached hydrogen (secondary N) is 1. The summed E-state index contributed by atoms with van der Waals surface area (Å²) in [5, 5.41) is 3.10. The molecule has 0 radical (unpaired) electrons. The monoisotopic (exact) mass is 387 g/mol. The summed E-state index contributed by atoms with van der Waals surface area (Å²) < 4.78 is 28.6. The van der Waals surface area contributed by atoms with Crippen molar-refractivity contribution < 1.29 is 13.2 Å². The zero-order chi connectivity index (χ0) is 19.0. The first kappa shape index (κ1) is 18.3. The van der Waals surface area contributed by atoms with Crippen LogP contribution >= 0.6 is 0 Å². The molecule has 6 nitrogen and oxygen atoms in total. The van der Waals surface area contributed by atoms with Gasteiger partial charge in [0.25, 0.3) is 5.91 Å². The molecular formula is C20H25N3O3S. The van der Waals surface area contributed by atoms with Gasteiger partial charge in [0.15, 0.2) is 0 Å². The van der Waals surface area contributed by atoms with Crippen LogP contribution in [0.25, 0.3) is 0 Å². The molecule has 27 heavy (non-hydrogen) atoms. The van der Waals surface area contributed by atoms with Gasteiger partial charge in [-0.25, -0.2) is 8.42 Å². The Morgan fingerprint density at radius 2 is 1.89 bits per heavy atom. The third-order valence-electron chi connectivity index (χ3n) is 5.59. The molecule has 144 valence electrons. The average molecular weight is 388 g/mol. The first-order chi connectivity index (χ1) is 13.0. The minimum absolute atomic E-state index is 0.0315. The molecule has 0 unspecified atom stereocenters. The second-order valence-electron chi connectivity index (χ2n) is 7.40. The smallest absolute Gasteiger partial charge is 0.268 e. The Morgan fingerprint density at radius 1 is 1.15 bits per heavy atom. The zero-order valence-electron chi connectivity index (χ0n) is 15.5. The van der Waals surface area contributed by atoms with E-state index in [9.17, 15) is 13.2 Å². The molecule has 1 aliphatic carbocycles. The number of nitrogens with zero attached hydrogens (tertiary/aromatic N) is 2. The van der Waals surface area contributed by atoms with E-state index >= 15 is 0 Å². The molecule has 2 aliphatic rings. The predicted molar refractivity (Wildman–Crippen MR) is 103 cm³/mol. The van der Waals surface area contributed by atoms with Crippen LogP contribution in [0.1, 0.15) is 53.3 Å². The standard InChI is InChI=1S/C20H25N3O3S/c1-22-14-16(27(25,26)23-11-4-5-12-23)13-19(22)20(24)21-18-10-6-8-15-7-2-3-9-17(15)18/h2-3,7,9,13-14,18H,4-6,8,10-12H2,1H3,(H,21,24)/t18-/m1/s1. The number of aryl methyl sites for hydroxylation is 2. The van der Waals surface area contributed by atoms with Gasteiger partial charge in [-0.15, -0.1) is 0 Å². The lowest BCUT2D eigenvalue weighted by molar-refractivity contribution is 0.0924. The lowest BCUT2D eigenvalue weighted by Gasteiger charge is -2.26. The normalized spacial score (nSPS) is 20.4. The fourth-order valence-corrected chi connectivity index (χ4v) is 5.70. The van der Waals surface area contributed by atoms with Crippen LogP contribution in [0.3, 0.4) is 0 Å². The molecule has 7 heteroatoms. The summed E-state index contributed by atoms with van der Waals surface area (Å²) in [5.74, 6) is -0.234. The van der Waals surface area contributed by atoms with Crippen molar-refractivity contribution in [3.63, 3.8) is 0 Å². The molecule has 2 aromatic rings. The molecule has 1 atom stereocenters. The van der Waals surface area contributed by atoms with Crippen LogP contribution in [0.15, 0.2) is 41.4 Å². The van der Waals surface area contributed by atoms with Crippen molar-refractivity contribution in [2.24, 2.45) is 7.05 Å². The lowest BCUT2D eigenvalue weighted by Crippen LogP contribution is -2.32. The van der Waals surface area contributed by atoms with Gasteiger partial charge in [0.1, 0.15) is 10.6 Å². The molecule has 1 aromatic heterocycles. The number of hydrogen-bond acceptors (Lipinski definition) is 3. The summed E-state index contributed by atoms with van der Waals surface area (Å²) in [6.07, 6.45) is 6.28. The maximum Gasteiger partial charge on any atom is 0.268 e. The van der Waals surface area contributed by atoms with Gasteiger partial charge < -0.3 is 9.88 Å². The molecule has 2 heterocycles. The highest BCUT2D eigenvalue weighted by molar-refractivity contribution is 7.89. The second-order valence-corrected chi connectivity index (χ2v) is 9.34. The van der Waals surface area contributed by atoms with E-state index in [1.807, 2.05) is 12.1 Å². The Hall–Kier alpha value is -2.12. The van der Waals surface area contributed by atoms with Gasteiger partial charge in [0, 0.05) is 26.3 Å². The van der Waals surface area contributed by atoms with Gasteiger partial charge in [-0.3, -0.25) is 4.79 Å². The van der Waals surface area contributed by atoms with Crippen molar-refractivity contribution in [1.29, 1.82) is 0 Å². The number of fused-ring (bicyclic) bond motifs is 1. The molecule has 0 spiro atoms. The van der Waals surface area contributed by atoms with Gasteiger partial charge in [-0.2, -0.15) is 4.31 Å². The topological polar surface area (TPSA) is 71.4 Å². The van der Waals surface area contributed by atoms with E-state index in [0.29, 0.717) is 18.8 Å². The molecule has 1 amide bonds. The maximum absolute atomic E-state index is 12.9. The zero-order valence-corrected chi connectivity index (χ0v) is 16.3. The Balaban J connectivity index is 1.56. The number of hydrogen-bond donors (Lipinski definition) is 1. The number of amides is 1. The highest BCUT2D eigenvalue weighted by Crippen LogP contribution is 2.30. The van der Waals surface area contributed by atoms with E-state index in [4.69, 9.17) is 0 Å². The van der Waals surface area contributed by atoms with Gasteiger partial charge in [0.2, 0.25) is 10.0 Å². The largest absolute Gasteiger partial charge is 0.345 e. The summed E-state index contributed by atoms with van der Waals surface area (Å²) in [4.78, 5) is 13.1. The Labute approximate surface area is 160 Å². The highest BCUT2D eigenvalue weighted by Gasteiger charge is 2.30. The van der Waals surface area contributed by atoms with Crippen molar-refractivity contribution in [3.8, 4) is 0 Å². The van der Waals surface area contributed by atoms with Crippen molar-refractivity contribution in [2.75, 3.05) is 13.1 Å². The molecule has 1 N–H and O–H groups in total. The fraction of sp³-hybridized carbons (Fsp3) is 0.450. The van der Waals surface area contributed by atoms with Crippen molar-refractivity contribution >= 4 is 15.9 Å². The van der Waals surface area contributed by atoms with Crippen molar-refractivity contribution in [3.05, 3.63) is 53.3 Å². The van der Waals surface area contributed by atoms with E-state index < -0.39 is 10.0 Å². The second kappa shape index (κ2) is 7.13. The summed E-state index contributed by atoms with van der Waals surface area (Å²) in [5.41, 5.74) is 2.81. The number of rotatable bonds is 4. The van der Waals surface area contributed by atoms with Gasteiger partial charge in [-0.1, -0.05) is 24.3 Å². The Bertz CT molecular complexity index is 959. The van der Waals surface area contributed by atoms with Crippen LogP contribution in [0, 0.1) is 0 Å². The minimum Gasteiger partial charge on any atom is -0.345 e. The molecule has 0 saturated carbocycles. The summed E-state index contributed by atoms with van der Waals surface area (Å²) in [7, 11) is -1.81. The van der Waals surface area contributed by atoms with E-state index in [-0.39, 0.29) is 16.8 Å². The van der Waals surface area contributed by atoms with E-state index in [1.165, 1.54) is 22.1 Å². The fourth-order valence-electron chi connectivity index (χ4n) is 4.11. The number of benzene rings is 1. The molecule has 1 saturated heterocycles. The molecule has 0 bridgehead atoms. The van der Waals surface area contributed by atoms with Gasteiger partial charge in [-0.05, 0) is 49.3 Å². The third-order valence-corrected chi connectivity index (χ3v) is 7.45. The summed E-state index contributed by atoms with van der Waals surface area (Å²) in [6.45, 7) is 1.11. The molecule has 1 aromatic carbocycles. The van der Waals surface area contributed by atoms with Crippen LogP contribution in [-0.4, -0.2) is 36.3 Å². The maximum atomic E-state index is 12.9. The molecular weight excluding hydrogens is 362 g/mol. The first-order valence-corrected chi connectivity index (χ1v) is 11.0.